The van der Waals surface area contributed by atoms with Gasteiger partial charge in [0.1, 0.15) is 11.6 Å². The second kappa shape index (κ2) is 9.60. The lowest BCUT2D eigenvalue weighted by Crippen LogP contribution is -2.36. The summed E-state index contributed by atoms with van der Waals surface area (Å²) >= 11 is 1.46. The van der Waals surface area contributed by atoms with Crippen molar-refractivity contribution in [3.8, 4) is 0 Å². The van der Waals surface area contributed by atoms with E-state index in [1.165, 1.54) is 17.3 Å². The number of benzene rings is 1. The van der Waals surface area contributed by atoms with Crippen LogP contribution in [0.3, 0.4) is 0 Å². The third-order valence-corrected chi connectivity index (χ3v) is 4.14. The number of thioether (sulfide) groups is 1. The van der Waals surface area contributed by atoms with Gasteiger partial charge in [-0.2, -0.15) is 0 Å². The average Bonchev–Trinajstić information content (AvgIpc) is 3.02. The van der Waals surface area contributed by atoms with Crippen LogP contribution < -0.4 is 5.32 Å². The molecule has 0 spiro atoms. The molecule has 0 saturated heterocycles. The summed E-state index contributed by atoms with van der Waals surface area (Å²) in [4.78, 5) is 12.3. The van der Waals surface area contributed by atoms with E-state index < -0.39 is 17.7 Å². The summed E-state index contributed by atoms with van der Waals surface area (Å²) in [5.74, 6) is 1.12. The van der Waals surface area contributed by atoms with E-state index in [9.17, 15) is 4.79 Å². The number of allylic oxidation sites excluding steroid dienone is 1. The number of ether oxygens (including phenoxy) is 1. The SMILES string of the molecule is CC(C)=CCSc1nnc(C(Cc2ccccc2)NC(=O)OC(C)(C)C)o1. The Balaban J connectivity index is 2.12. The fraction of sp³-hybridized carbons (Fsp3) is 0.450. The first-order valence-corrected chi connectivity index (χ1v) is 9.84. The van der Waals surface area contributed by atoms with Crippen LogP contribution in [0.5, 0.6) is 0 Å². The normalized spacial score (nSPS) is 12.3. The van der Waals surface area contributed by atoms with Gasteiger partial charge in [0, 0.05) is 12.2 Å². The molecule has 7 heteroatoms. The van der Waals surface area contributed by atoms with E-state index in [0.717, 1.165) is 11.3 Å². The summed E-state index contributed by atoms with van der Waals surface area (Å²) in [6, 6.07) is 9.37. The zero-order chi connectivity index (χ0) is 19.9. The van der Waals surface area contributed by atoms with Gasteiger partial charge < -0.3 is 14.5 Å². The molecule has 1 amide bonds. The molecule has 0 aliphatic rings. The molecule has 1 atom stereocenters. The van der Waals surface area contributed by atoms with E-state index >= 15 is 0 Å². The summed E-state index contributed by atoms with van der Waals surface area (Å²) in [5, 5.41) is 11.5. The summed E-state index contributed by atoms with van der Waals surface area (Å²) < 4.78 is 11.1. The van der Waals surface area contributed by atoms with Gasteiger partial charge in [0.2, 0.25) is 5.89 Å². The van der Waals surface area contributed by atoms with Gasteiger partial charge in [-0.05, 0) is 40.2 Å². The monoisotopic (exact) mass is 389 g/mol. The minimum atomic E-state index is -0.582. The zero-order valence-electron chi connectivity index (χ0n) is 16.5. The summed E-state index contributed by atoms with van der Waals surface area (Å²) in [6.07, 6.45) is 2.11. The summed E-state index contributed by atoms with van der Waals surface area (Å²) in [5.41, 5.74) is 1.70. The van der Waals surface area contributed by atoms with Crippen LogP contribution in [0.2, 0.25) is 0 Å². The van der Waals surface area contributed by atoms with Crippen molar-refractivity contribution in [2.45, 2.75) is 57.9 Å². The Morgan fingerprint density at radius 3 is 2.59 bits per heavy atom. The lowest BCUT2D eigenvalue weighted by Gasteiger charge is -2.22. The van der Waals surface area contributed by atoms with Crippen molar-refractivity contribution in [1.82, 2.24) is 15.5 Å². The highest BCUT2D eigenvalue weighted by molar-refractivity contribution is 7.99. The molecule has 1 aromatic carbocycles. The van der Waals surface area contributed by atoms with Crippen molar-refractivity contribution < 1.29 is 13.9 Å². The van der Waals surface area contributed by atoms with Crippen molar-refractivity contribution >= 4 is 17.9 Å². The molecule has 1 aromatic heterocycles. The molecule has 0 bridgehead atoms. The Hall–Kier alpha value is -2.28. The maximum absolute atomic E-state index is 12.3. The standard InChI is InChI=1S/C20H27N3O3S/c1-14(2)11-12-27-19-23-22-17(25-19)16(13-15-9-7-6-8-10-15)21-18(24)26-20(3,4)5/h6-11,16H,12-13H2,1-5H3,(H,21,24). The number of carbonyl (C=O) groups excluding carboxylic acids is 1. The fourth-order valence-electron chi connectivity index (χ4n) is 2.20. The molecule has 146 valence electrons. The molecule has 2 aromatic rings. The number of rotatable bonds is 7. The van der Waals surface area contributed by atoms with E-state index in [-0.39, 0.29) is 0 Å². The van der Waals surface area contributed by atoms with Crippen molar-refractivity contribution in [1.29, 1.82) is 0 Å². The van der Waals surface area contributed by atoms with Crippen molar-refractivity contribution in [2.75, 3.05) is 5.75 Å². The third kappa shape index (κ3) is 7.86. The first-order chi connectivity index (χ1) is 12.7. The lowest BCUT2D eigenvalue weighted by atomic mass is 10.1. The van der Waals surface area contributed by atoms with Gasteiger partial charge in [-0.3, -0.25) is 0 Å². The molecule has 0 aliphatic carbocycles. The van der Waals surface area contributed by atoms with Gasteiger partial charge in [0.15, 0.2) is 0 Å². The second-order valence-corrected chi connectivity index (χ2v) is 8.36. The van der Waals surface area contributed by atoms with Crippen LogP contribution in [-0.2, 0) is 11.2 Å². The van der Waals surface area contributed by atoms with Gasteiger partial charge in [-0.25, -0.2) is 4.79 Å². The fourth-order valence-corrected chi connectivity index (χ4v) is 3.00. The number of hydrogen-bond donors (Lipinski definition) is 1. The maximum atomic E-state index is 12.3. The highest BCUT2D eigenvalue weighted by Gasteiger charge is 2.25. The highest BCUT2D eigenvalue weighted by Crippen LogP contribution is 2.23. The van der Waals surface area contributed by atoms with Crippen LogP contribution in [-0.4, -0.2) is 27.6 Å². The van der Waals surface area contributed by atoms with Crippen molar-refractivity contribution in [3.05, 3.63) is 53.4 Å². The Bertz CT molecular complexity index is 762. The second-order valence-electron chi connectivity index (χ2n) is 7.39. The first kappa shape index (κ1) is 21.0. The molecule has 1 unspecified atom stereocenters. The van der Waals surface area contributed by atoms with Gasteiger partial charge in [0.25, 0.3) is 5.22 Å². The number of alkyl carbamates (subject to hydrolysis) is 1. The molecule has 6 nitrogen and oxygen atoms in total. The topological polar surface area (TPSA) is 77.2 Å². The van der Waals surface area contributed by atoms with E-state index in [2.05, 4.69) is 21.6 Å². The number of nitrogens with zero attached hydrogens (tertiary/aromatic N) is 2. The van der Waals surface area contributed by atoms with Crippen LogP contribution in [0.25, 0.3) is 0 Å². The first-order valence-electron chi connectivity index (χ1n) is 8.86. The molecule has 0 saturated carbocycles. The van der Waals surface area contributed by atoms with Gasteiger partial charge in [-0.15, -0.1) is 10.2 Å². The molecule has 27 heavy (non-hydrogen) atoms. The Morgan fingerprint density at radius 1 is 1.26 bits per heavy atom. The van der Waals surface area contributed by atoms with Crippen LogP contribution in [0, 0.1) is 0 Å². The highest BCUT2D eigenvalue weighted by atomic mass is 32.2. The van der Waals surface area contributed by atoms with Crippen LogP contribution in [0.4, 0.5) is 4.79 Å². The number of amides is 1. The molecular formula is C20H27N3O3S. The Labute approximate surface area is 164 Å². The number of carbonyl (C=O) groups is 1. The minimum Gasteiger partial charge on any atom is -0.444 e. The zero-order valence-corrected chi connectivity index (χ0v) is 17.3. The Kier molecular flexibility index (Phi) is 7.47. The summed E-state index contributed by atoms with van der Waals surface area (Å²) in [6.45, 7) is 9.55. The number of hydrogen-bond acceptors (Lipinski definition) is 6. The largest absolute Gasteiger partial charge is 0.444 e. The minimum absolute atomic E-state index is 0.365. The van der Waals surface area contributed by atoms with Gasteiger partial charge in [-0.1, -0.05) is 53.7 Å². The van der Waals surface area contributed by atoms with E-state index in [4.69, 9.17) is 9.15 Å². The van der Waals surface area contributed by atoms with E-state index in [0.29, 0.717) is 17.5 Å². The third-order valence-electron chi connectivity index (χ3n) is 3.39. The van der Waals surface area contributed by atoms with E-state index in [1.54, 1.807) is 0 Å². The number of nitrogens with one attached hydrogen (secondary N) is 1. The molecule has 0 radical (unpaired) electrons. The van der Waals surface area contributed by atoms with Crippen LogP contribution >= 0.6 is 11.8 Å². The maximum Gasteiger partial charge on any atom is 0.408 e. The quantitative estimate of drug-likeness (QED) is 0.534. The molecule has 2 rings (SSSR count). The van der Waals surface area contributed by atoms with Gasteiger partial charge >= 0.3 is 6.09 Å². The molecular weight excluding hydrogens is 362 g/mol. The molecule has 1 N–H and O–H groups in total. The van der Waals surface area contributed by atoms with Crippen molar-refractivity contribution in [3.63, 3.8) is 0 Å². The smallest absolute Gasteiger partial charge is 0.408 e. The van der Waals surface area contributed by atoms with Crippen LogP contribution in [0.15, 0.2) is 51.6 Å². The average molecular weight is 390 g/mol. The predicted octanol–water partition coefficient (Wildman–Crippen LogP) is 4.94. The Morgan fingerprint density at radius 2 is 1.96 bits per heavy atom. The van der Waals surface area contributed by atoms with Crippen LogP contribution in [0.1, 0.15) is 52.1 Å². The van der Waals surface area contributed by atoms with Crippen molar-refractivity contribution in [2.24, 2.45) is 0 Å². The van der Waals surface area contributed by atoms with Gasteiger partial charge in [0.05, 0.1) is 0 Å². The number of aromatic nitrogens is 2. The molecule has 0 fully saturated rings. The summed E-state index contributed by atoms with van der Waals surface area (Å²) in [7, 11) is 0. The molecule has 0 aliphatic heterocycles. The molecule has 1 heterocycles. The lowest BCUT2D eigenvalue weighted by molar-refractivity contribution is 0.0494. The predicted molar refractivity (Wildman–Crippen MR) is 107 cm³/mol. The van der Waals surface area contributed by atoms with E-state index in [1.807, 2.05) is 65.0 Å².